The molecule has 0 bridgehead atoms. The van der Waals surface area contributed by atoms with Gasteiger partial charge in [0.15, 0.2) is 0 Å². The molecule has 0 fully saturated rings. The third-order valence-electron chi connectivity index (χ3n) is 5.00. The zero-order chi connectivity index (χ0) is 22.4. The van der Waals surface area contributed by atoms with Crippen molar-refractivity contribution in [2.75, 3.05) is 6.54 Å². The summed E-state index contributed by atoms with van der Waals surface area (Å²) >= 11 is 0. The maximum absolute atomic E-state index is 12.8. The van der Waals surface area contributed by atoms with Gasteiger partial charge in [-0.05, 0) is 55.2 Å². The van der Waals surface area contributed by atoms with Gasteiger partial charge >= 0.3 is 0 Å². The number of sulfonamides is 1. The SMILES string of the molecule is Cc1cc(C)c(S(=O)(=O)NCCC(=O)NC(c2ccccc2)c2ccncc2)c(C)c1. The Hall–Kier alpha value is -3.03. The maximum atomic E-state index is 12.8. The van der Waals surface area contributed by atoms with Gasteiger partial charge in [0.25, 0.3) is 0 Å². The Morgan fingerprint density at radius 1 is 0.935 bits per heavy atom. The fourth-order valence-corrected chi connectivity index (χ4v) is 5.24. The van der Waals surface area contributed by atoms with E-state index in [1.807, 2.05) is 61.5 Å². The number of nitrogens with zero attached hydrogens (tertiary/aromatic N) is 1. The van der Waals surface area contributed by atoms with Gasteiger partial charge in [-0.2, -0.15) is 0 Å². The van der Waals surface area contributed by atoms with E-state index in [2.05, 4.69) is 15.0 Å². The Labute approximate surface area is 183 Å². The van der Waals surface area contributed by atoms with Crippen LogP contribution in [0, 0.1) is 20.8 Å². The molecule has 0 aliphatic rings. The van der Waals surface area contributed by atoms with Gasteiger partial charge in [0.05, 0.1) is 10.9 Å². The van der Waals surface area contributed by atoms with Gasteiger partial charge in [0.2, 0.25) is 15.9 Å². The molecule has 0 aliphatic heterocycles. The van der Waals surface area contributed by atoms with Crippen molar-refractivity contribution in [3.8, 4) is 0 Å². The van der Waals surface area contributed by atoms with E-state index in [1.54, 1.807) is 26.2 Å². The van der Waals surface area contributed by atoms with Crippen LogP contribution in [0.5, 0.6) is 0 Å². The molecule has 162 valence electrons. The van der Waals surface area contributed by atoms with Crippen molar-refractivity contribution >= 4 is 15.9 Å². The smallest absolute Gasteiger partial charge is 0.241 e. The number of carbonyl (C=O) groups is 1. The normalized spacial score (nSPS) is 12.4. The first kappa shape index (κ1) is 22.7. The molecule has 0 spiro atoms. The second-order valence-electron chi connectivity index (χ2n) is 7.57. The van der Waals surface area contributed by atoms with Gasteiger partial charge in [0.1, 0.15) is 0 Å². The molecule has 1 amide bonds. The first-order valence-electron chi connectivity index (χ1n) is 10.1. The van der Waals surface area contributed by atoms with Crippen LogP contribution in [0.2, 0.25) is 0 Å². The predicted octanol–water partition coefficient (Wildman–Crippen LogP) is 3.58. The van der Waals surface area contributed by atoms with E-state index >= 15 is 0 Å². The molecule has 1 aromatic heterocycles. The average molecular weight is 438 g/mol. The maximum Gasteiger partial charge on any atom is 0.241 e. The van der Waals surface area contributed by atoms with Crippen LogP contribution in [0.3, 0.4) is 0 Å². The highest BCUT2D eigenvalue weighted by Crippen LogP contribution is 2.22. The fourth-order valence-electron chi connectivity index (χ4n) is 3.76. The number of hydrogen-bond donors (Lipinski definition) is 2. The average Bonchev–Trinajstić information content (AvgIpc) is 2.72. The zero-order valence-corrected chi connectivity index (χ0v) is 18.7. The largest absolute Gasteiger partial charge is 0.345 e. The first-order chi connectivity index (χ1) is 14.8. The van der Waals surface area contributed by atoms with Crippen LogP contribution in [0.25, 0.3) is 0 Å². The Kier molecular flexibility index (Phi) is 7.20. The summed E-state index contributed by atoms with van der Waals surface area (Å²) < 4.78 is 28.1. The summed E-state index contributed by atoms with van der Waals surface area (Å²) in [6.45, 7) is 5.50. The highest BCUT2D eigenvalue weighted by Gasteiger charge is 2.21. The van der Waals surface area contributed by atoms with Gasteiger partial charge in [-0.3, -0.25) is 9.78 Å². The van der Waals surface area contributed by atoms with Crippen molar-refractivity contribution < 1.29 is 13.2 Å². The number of benzene rings is 2. The van der Waals surface area contributed by atoms with Gasteiger partial charge < -0.3 is 5.32 Å². The van der Waals surface area contributed by atoms with E-state index < -0.39 is 10.0 Å². The lowest BCUT2D eigenvalue weighted by Gasteiger charge is -2.20. The van der Waals surface area contributed by atoms with Crippen molar-refractivity contribution in [1.82, 2.24) is 15.0 Å². The summed E-state index contributed by atoms with van der Waals surface area (Å²) in [4.78, 5) is 17.0. The standard InChI is InChI=1S/C24H27N3O3S/c1-17-15-18(2)24(19(3)16-17)31(29,30)26-14-11-22(28)27-23(20-7-5-4-6-8-20)21-9-12-25-13-10-21/h4-10,12-13,15-16,23,26H,11,14H2,1-3H3,(H,27,28). The van der Waals surface area contributed by atoms with E-state index in [0.29, 0.717) is 11.1 Å². The lowest BCUT2D eigenvalue weighted by Crippen LogP contribution is -2.33. The van der Waals surface area contributed by atoms with Crippen LogP contribution in [-0.2, 0) is 14.8 Å². The highest BCUT2D eigenvalue weighted by atomic mass is 32.2. The van der Waals surface area contributed by atoms with Crippen LogP contribution >= 0.6 is 0 Å². The van der Waals surface area contributed by atoms with Crippen LogP contribution in [0.15, 0.2) is 71.9 Å². The van der Waals surface area contributed by atoms with E-state index in [1.165, 1.54) is 0 Å². The molecule has 3 aromatic rings. The van der Waals surface area contributed by atoms with Crippen LogP contribution in [0.1, 0.15) is 40.3 Å². The monoisotopic (exact) mass is 437 g/mol. The first-order valence-corrected chi connectivity index (χ1v) is 11.6. The second-order valence-corrected chi connectivity index (χ2v) is 9.27. The summed E-state index contributed by atoms with van der Waals surface area (Å²) in [7, 11) is -3.71. The Morgan fingerprint density at radius 3 is 2.13 bits per heavy atom. The quantitative estimate of drug-likeness (QED) is 0.564. The Morgan fingerprint density at radius 2 is 1.52 bits per heavy atom. The topological polar surface area (TPSA) is 88.2 Å². The molecule has 2 aromatic carbocycles. The lowest BCUT2D eigenvalue weighted by atomic mass is 9.99. The summed E-state index contributed by atoms with van der Waals surface area (Å²) in [5.41, 5.74) is 4.23. The van der Waals surface area contributed by atoms with Crippen molar-refractivity contribution in [2.45, 2.75) is 38.1 Å². The number of amides is 1. The number of nitrogens with one attached hydrogen (secondary N) is 2. The summed E-state index contributed by atoms with van der Waals surface area (Å²) in [6.07, 6.45) is 3.38. The molecule has 6 nitrogen and oxygen atoms in total. The van der Waals surface area contributed by atoms with Crippen molar-refractivity contribution in [2.24, 2.45) is 0 Å². The van der Waals surface area contributed by atoms with Gasteiger partial charge in [0, 0.05) is 25.4 Å². The number of hydrogen-bond acceptors (Lipinski definition) is 4. The third kappa shape index (κ3) is 5.77. The van der Waals surface area contributed by atoms with E-state index in [4.69, 9.17) is 0 Å². The molecule has 2 N–H and O–H groups in total. The van der Waals surface area contributed by atoms with Crippen molar-refractivity contribution in [1.29, 1.82) is 0 Å². The fraction of sp³-hybridized carbons (Fsp3) is 0.250. The molecule has 1 heterocycles. The third-order valence-corrected chi connectivity index (χ3v) is 6.76. The summed E-state index contributed by atoms with van der Waals surface area (Å²) in [5.74, 6) is -0.245. The summed E-state index contributed by atoms with van der Waals surface area (Å²) in [6, 6.07) is 16.7. The number of rotatable bonds is 8. The minimum absolute atomic E-state index is 0.0127. The van der Waals surface area contributed by atoms with Crippen molar-refractivity contribution in [3.63, 3.8) is 0 Å². The molecule has 0 saturated heterocycles. The second kappa shape index (κ2) is 9.85. The number of pyridine rings is 1. The molecule has 0 radical (unpaired) electrons. The summed E-state index contributed by atoms with van der Waals surface area (Å²) in [5, 5.41) is 3.00. The minimum atomic E-state index is -3.71. The molecular formula is C24H27N3O3S. The zero-order valence-electron chi connectivity index (χ0n) is 17.9. The van der Waals surface area contributed by atoms with Crippen LogP contribution in [-0.4, -0.2) is 25.9 Å². The molecule has 1 unspecified atom stereocenters. The molecule has 0 saturated carbocycles. The van der Waals surface area contributed by atoms with E-state index in [0.717, 1.165) is 16.7 Å². The molecule has 0 aliphatic carbocycles. The molecular weight excluding hydrogens is 410 g/mol. The minimum Gasteiger partial charge on any atom is -0.345 e. The van der Waals surface area contributed by atoms with Crippen molar-refractivity contribution in [3.05, 3.63) is 94.8 Å². The number of aromatic nitrogens is 1. The lowest BCUT2D eigenvalue weighted by molar-refractivity contribution is -0.121. The number of aryl methyl sites for hydroxylation is 3. The van der Waals surface area contributed by atoms with E-state index in [-0.39, 0.29) is 29.8 Å². The highest BCUT2D eigenvalue weighted by molar-refractivity contribution is 7.89. The molecule has 7 heteroatoms. The molecule has 1 atom stereocenters. The molecule has 31 heavy (non-hydrogen) atoms. The molecule has 3 rings (SSSR count). The number of carbonyl (C=O) groups excluding carboxylic acids is 1. The Balaban J connectivity index is 1.67. The van der Waals surface area contributed by atoms with Crippen LogP contribution in [0.4, 0.5) is 0 Å². The Bertz CT molecular complexity index is 1080. The van der Waals surface area contributed by atoms with Gasteiger partial charge in [-0.25, -0.2) is 13.1 Å². The predicted molar refractivity (Wildman–Crippen MR) is 121 cm³/mol. The van der Waals surface area contributed by atoms with E-state index in [9.17, 15) is 13.2 Å². The van der Waals surface area contributed by atoms with Crippen LogP contribution < -0.4 is 10.0 Å². The van der Waals surface area contributed by atoms with Gasteiger partial charge in [-0.1, -0.05) is 48.0 Å². The van der Waals surface area contributed by atoms with Gasteiger partial charge in [-0.15, -0.1) is 0 Å².